The molecule has 0 amide bonds. The standard InChI is InChI=1S/C6H10N2O2S/c1-6(5-7)11(9,10)8-3-2-4-8/h6H,2-4H2,1H3. The van der Waals surface area contributed by atoms with Crippen LogP contribution in [0.3, 0.4) is 0 Å². The molecule has 0 spiro atoms. The van der Waals surface area contributed by atoms with Gasteiger partial charge in [-0.2, -0.15) is 5.26 Å². The minimum absolute atomic E-state index is 0.578. The van der Waals surface area contributed by atoms with Crippen LogP contribution in [0.25, 0.3) is 0 Å². The quantitative estimate of drug-likeness (QED) is 0.589. The predicted octanol–water partition coefficient (Wildman–Crippen LogP) is -0.0660. The van der Waals surface area contributed by atoms with Crippen LogP contribution >= 0.6 is 0 Å². The second-order valence-electron chi connectivity index (χ2n) is 2.57. The van der Waals surface area contributed by atoms with Crippen LogP contribution in [0.5, 0.6) is 0 Å². The Hall–Kier alpha value is -0.600. The Morgan fingerprint density at radius 3 is 2.36 bits per heavy atom. The Bertz CT molecular complexity index is 273. The van der Waals surface area contributed by atoms with Gasteiger partial charge in [0.1, 0.15) is 0 Å². The van der Waals surface area contributed by atoms with Crippen molar-refractivity contribution < 1.29 is 8.42 Å². The monoisotopic (exact) mass is 174 g/mol. The molecule has 1 aliphatic rings. The Balaban J connectivity index is 2.75. The highest BCUT2D eigenvalue weighted by Gasteiger charge is 2.32. The van der Waals surface area contributed by atoms with Gasteiger partial charge in [-0.3, -0.25) is 0 Å². The summed E-state index contributed by atoms with van der Waals surface area (Å²) < 4.78 is 23.8. The lowest BCUT2D eigenvalue weighted by Gasteiger charge is -2.30. The number of hydrogen-bond donors (Lipinski definition) is 0. The Morgan fingerprint density at radius 2 is 2.09 bits per heavy atom. The van der Waals surface area contributed by atoms with Gasteiger partial charge in [-0.1, -0.05) is 0 Å². The van der Waals surface area contributed by atoms with Crippen molar-refractivity contribution in [3.05, 3.63) is 0 Å². The average Bonchev–Trinajstić information content (AvgIpc) is 1.81. The van der Waals surface area contributed by atoms with Gasteiger partial charge in [-0.15, -0.1) is 0 Å². The van der Waals surface area contributed by atoms with E-state index in [-0.39, 0.29) is 0 Å². The van der Waals surface area contributed by atoms with Gasteiger partial charge in [0.15, 0.2) is 5.25 Å². The Labute approximate surface area is 66.5 Å². The molecular formula is C6H10N2O2S. The third-order valence-corrected chi connectivity index (χ3v) is 3.89. The number of rotatable bonds is 2. The summed E-state index contributed by atoms with van der Waals surface area (Å²) in [6.07, 6.45) is 0.914. The SMILES string of the molecule is CC(C#N)S(=O)(=O)N1CCC1. The van der Waals surface area contributed by atoms with Gasteiger partial charge in [0.25, 0.3) is 0 Å². The lowest BCUT2D eigenvalue weighted by atomic mass is 10.3. The van der Waals surface area contributed by atoms with E-state index in [0.29, 0.717) is 13.1 Å². The number of hydrogen-bond acceptors (Lipinski definition) is 3. The van der Waals surface area contributed by atoms with Gasteiger partial charge in [-0.25, -0.2) is 12.7 Å². The maximum absolute atomic E-state index is 11.2. The van der Waals surface area contributed by atoms with Crippen molar-refractivity contribution in [1.29, 1.82) is 5.26 Å². The van der Waals surface area contributed by atoms with Gasteiger partial charge in [-0.05, 0) is 13.3 Å². The summed E-state index contributed by atoms with van der Waals surface area (Å²) in [6, 6.07) is 1.72. The van der Waals surface area contributed by atoms with E-state index in [1.165, 1.54) is 11.2 Å². The largest absolute Gasteiger partial charge is 0.230 e. The lowest BCUT2D eigenvalue weighted by molar-refractivity contribution is 0.308. The highest BCUT2D eigenvalue weighted by Crippen LogP contribution is 2.15. The van der Waals surface area contributed by atoms with Gasteiger partial charge in [0.2, 0.25) is 10.0 Å². The first-order valence-corrected chi connectivity index (χ1v) is 4.98. The molecule has 1 fully saturated rings. The van der Waals surface area contributed by atoms with Crippen LogP contribution in [0.1, 0.15) is 13.3 Å². The highest BCUT2D eigenvalue weighted by atomic mass is 32.2. The van der Waals surface area contributed by atoms with Crippen molar-refractivity contribution in [1.82, 2.24) is 4.31 Å². The van der Waals surface area contributed by atoms with Crippen LogP contribution in [0.15, 0.2) is 0 Å². The van der Waals surface area contributed by atoms with E-state index in [1.54, 1.807) is 6.07 Å². The summed E-state index contributed by atoms with van der Waals surface area (Å²) in [5, 5.41) is 7.48. The van der Waals surface area contributed by atoms with Crippen LogP contribution in [-0.4, -0.2) is 31.1 Å². The number of nitrogens with zero attached hydrogens (tertiary/aromatic N) is 2. The van der Waals surface area contributed by atoms with E-state index in [4.69, 9.17) is 5.26 Å². The summed E-state index contributed by atoms with van der Waals surface area (Å²) in [6.45, 7) is 2.57. The second-order valence-corrected chi connectivity index (χ2v) is 4.82. The van der Waals surface area contributed by atoms with Gasteiger partial charge in [0, 0.05) is 13.1 Å². The van der Waals surface area contributed by atoms with Gasteiger partial charge < -0.3 is 0 Å². The molecule has 1 heterocycles. The lowest BCUT2D eigenvalue weighted by Crippen LogP contribution is -2.45. The van der Waals surface area contributed by atoms with Crippen molar-refractivity contribution in [3.63, 3.8) is 0 Å². The fourth-order valence-corrected chi connectivity index (χ4v) is 2.18. The second kappa shape index (κ2) is 2.80. The van der Waals surface area contributed by atoms with Crippen LogP contribution < -0.4 is 0 Å². The molecule has 1 unspecified atom stereocenters. The van der Waals surface area contributed by atoms with Crippen molar-refractivity contribution in [2.45, 2.75) is 18.6 Å². The van der Waals surface area contributed by atoms with Gasteiger partial charge in [0.05, 0.1) is 6.07 Å². The molecule has 0 bridgehead atoms. The van der Waals surface area contributed by atoms with E-state index in [0.717, 1.165) is 6.42 Å². The molecule has 62 valence electrons. The van der Waals surface area contributed by atoms with Gasteiger partial charge >= 0.3 is 0 Å². The molecule has 0 aromatic rings. The third kappa shape index (κ3) is 1.37. The zero-order valence-corrected chi connectivity index (χ0v) is 7.13. The van der Waals surface area contributed by atoms with E-state index >= 15 is 0 Å². The molecule has 1 saturated heterocycles. The van der Waals surface area contributed by atoms with Crippen molar-refractivity contribution in [3.8, 4) is 6.07 Å². The van der Waals surface area contributed by atoms with E-state index in [9.17, 15) is 8.42 Å². The molecule has 11 heavy (non-hydrogen) atoms. The molecular weight excluding hydrogens is 164 g/mol. The molecule has 0 aromatic carbocycles. The topological polar surface area (TPSA) is 61.2 Å². The summed E-state index contributed by atoms with van der Waals surface area (Å²) in [5.74, 6) is 0. The molecule has 1 rings (SSSR count). The molecule has 0 saturated carbocycles. The first-order valence-electron chi connectivity index (χ1n) is 3.47. The summed E-state index contributed by atoms with van der Waals surface area (Å²) in [5.41, 5.74) is 0. The van der Waals surface area contributed by atoms with E-state index in [2.05, 4.69) is 0 Å². The molecule has 1 atom stereocenters. The van der Waals surface area contributed by atoms with Crippen molar-refractivity contribution in [2.24, 2.45) is 0 Å². The summed E-state index contributed by atoms with van der Waals surface area (Å²) in [7, 11) is -3.28. The maximum atomic E-state index is 11.2. The zero-order chi connectivity index (χ0) is 8.48. The van der Waals surface area contributed by atoms with Crippen LogP contribution in [-0.2, 0) is 10.0 Å². The first-order chi connectivity index (χ1) is 5.09. The maximum Gasteiger partial charge on any atom is 0.230 e. The fraction of sp³-hybridized carbons (Fsp3) is 0.833. The smallest absolute Gasteiger partial charge is 0.211 e. The Morgan fingerprint density at radius 1 is 1.55 bits per heavy atom. The average molecular weight is 174 g/mol. The molecule has 0 aliphatic carbocycles. The van der Waals surface area contributed by atoms with Crippen LogP contribution in [0.2, 0.25) is 0 Å². The minimum atomic E-state index is -3.28. The summed E-state index contributed by atoms with van der Waals surface area (Å²) >= 11 is 0. The fourth-order valence-electron chi connectivity index (χ4n) is 0.832. The summed E-state index contributed by atoms with van der Waals surface area (Å²) in [4.78, 5) is 0. The number of nitriles is 1. The number of sulfonamides is 1. The zero-order valence-electron chi connectivity index (χ0n) is 6.32. The molecule has 4 nitrogen and oxygen atoms in total. The molecule has 5 heteroatoms. The van der Waals surface area contributed by atoms with E-state index in [1.807, 2.05) is 0 Å². The Kier molecular flexibility index (Phi) is 2.16. The van der Waals surface area contributed by atoms with E-state index < -0.39 is 15.3 Å². The van der Waals surface area contributed by atoms with Crippen molar-refractivity contribution in [2.75, 3.05) is 13.1 Å². The molecule has 0 radical (unpaired) electrons. The molecule has 1 aliphatic heterocycles. The minimum Gasteiger partial charge on any atom is -0.211 e. The predicted molar refractivity (Wildman–Crippen MR) is 40.2 cm³/mol. The highest BCUT2D eigenvalue weighted by molar-refractivity contribution is 7.90. The van der Waals surface area contributed by atoms with Crippen molar-refractivity contribution >= 4 is 10.0 Å². The van der Waals surface area contributed by atoms with Crippen LogP contribution in [0.4, 0.5) is 0 Å². The molecule has 0 N–H and O–H groups in total. The molecule has 0 aromatic heterocycles. The normalized spacial score (nSPS) is 21.8. The first kappa shape index (κ1) is 8.50. The third-order valence-electron chi connectivity index (χ3n) is 1.80. The van der Waals surface area contributed by atoms with Crippen LogP contribution in [0, 0.1) is 11.3 Å².